The van der Waals surface area contributed by atoms with Crippen LogP contribution in [-0.4, -0.2) is 0 Å². The van der Waals surface area contributed by atoms with Crippen LogP contribution >= 0.6 is 0 Å². The smallest absolute Gasteiger partial charge is 0.0120 e. The summed E-state index contributed by atoms with van der Waals surface area (Å²) < 4.78 is 0. The minimum absolute atomic E-state index is 1.16. The van der Waals surface area contributed by atoms with Gasteiger partial charge in [0.25, 0.3) is 0 Å². The minimum Gasteiger partial charge on any atom is -0.0651 e. The maximum Gasteiger partial charge on any atom is -0.0120 e. The minimum atomic E-state index is 1.16. The molecule has 2 aromatic rings. The van der Waals surface area contributed by atoms with Crippen LogP contribution in [0.5, 0.6) is 0 Å². The molecule has 0 bridgehead atoms. The lowest BCUT2D eigenvalue weighted by Crippen LogP contribution is -1.97. The first-order valence-electron chi connectivity index (χ1n) is 7.85. The fourth-order valence-corrected chi connectivity index (χ4v) is 3.03. The molecule has 0 amide bonds. The van der Waals surface area contributed by atoms with Crippen LogP contribution < -0.4 is 0 Å². The van der Waals surface area contributed by atoms with Crippen molar-refractivity contribution in [2.75, 3.05) is 0 Å². The third kappa shape index (κ3) is 3.12. The van der Waals surface area contributed by atoms with Gasteiger partial charge in [0.2, 0.25) is 0 Å². The van der Waals surface area contributed by atoms with Gasteiger partial charge in [0, 0.05) is 0 Å². The molecule has 2 rings (SSSR count). The lowest BCUT2D eigenvalue weighted by Gasteiger charge is -2.17. The van der Waals surface area contributed by atoms with Crippen LogP contribution in [0.1, 0.15) is 48.9 Å². The van der Waals surface area contributed by atoms with Crippen molar-refractivity contribution in [2.45, 2.75) is 53.4 Å². The summed E-state index contributed by atoms with van der Waals surface area (Å²) in [7, 11) is 0. The summed E-state index contributed by atoms with van der Waals surface area (Å²) in [5, 5.41) is 0. The Balaban J connectivity index is 2.61. The highest BCUT2D eigenvalue weighted by Crippen LogP contribution is 2.32. The highest BCUT2D eigenvalue weighted by Gasteiger charge is 2.11. The Bertz CT molecular complexity index is 579. The fraction of sp³-hybridized carbons (Fsp3) is 0.400. The number of benzene rings is 2. The largest absolute Gasteiger partial charge is 0.0651 e. The second kappa shape index (κ2) is 6.74. The van der Waals surface area contributed by atoms with Crippen molar-refractivity contribution in [3.63, 3.8) is 0 Å². The molecule has 20 heavy (non-hydrogen) atoms. The highest BCUT2D eigenvalue weighted by molar-refractivity contribution is 5.74. The zero-order valence-corrected chi connectivity index (χ0v) is 13.3. The Morgan fingerprint density at radius 1 is 0.800 bits per heavy atom. The van der Waals surface area contributed by atoms with Crippen molar-refractivity contribution in [2.24, 2.45) is 0 Å². The second-order valence-electron chi connectivity index (χ2n) is 5.77. The zero-order chi connectivity index (χ0) is 14.5. The molecule has 0 aliphatic carbocycles. The van der Waals surface area contributed by atoms with Gasteiger partial charge in [0.15, 0.2) is 0 Å². The molecular weight excluding hydrogens is 240 g/mol. The monoisotopic (exact) mass is 266 g/mol. The molecule has 0 aliphatic rings. The second-order valence-corrected chi connectivity index (χ2v) is 5.77. The fourth-order valence-electron chi connectivity index (χ4n) is 3.03. The first-order valence-corrected chi connectivity index (χ1v) is 7.85. The lowest BCUT2D eigenvalue weighted by molar-refractivity contribution is 0.911. The van der Waals surface area contributed by atoms with Gasteiger partial charge in [-0.05, 0) is 54.5 Å². The van der Waals surface area contributed by atoms with E-state index in [0.717, 1.165) is 12.8 Å². The van der Waals surface area contributed by atoms with Crippen molar-refractivity contribution in [1.82, 2.24) is 0 Å². The molecule has 0 spiro atoms. The normalized spacial score (nSPS) is 10.8. The molecule has 0 N–H and O–H groups in total. The molecule has 0 saturated heterocycles. The summed E-state index contributed by atoms with van der Waals surface area (Å²) in [4.78, 5) is 0. The Labute approximate surface area is 123 Å². The van der Waals surface area contributed by atoms with E-state index in [0.29, 0.717) is 0 Å². The first-order chi connectivity index (χ1) is 9.67. The van der Waals surface area contributed by atoms with Crippen molar-refractivity contribution < 1.29 is 0 Å². The van der Waals surface area contributed by atoms with E-state index in [2.05, 4.69) is 64.1 Å². The van der Waals surface area contributed by atoms with Crippen molar-refractivity contribution in [3.05, 3.63) is 58.7 Å². The van der Waals surface area contributed by atoms with Crippen LogP contribution in [0, 0.1) is 13.8 Å². The van der Waals surface area contributed by atoms with E-state index in [-0.39, 0.29) is 0 Å². The average molecular weight is 266 g/mol. The molecule has 106 valence electrons. The van der Waals surface area contributed by atoms with Crippen LogP contribution in [0.4, 0.5) is 0 Å². The highest BCUT2D eigenvalue weighted by atomic mass is 14.2. The third-order valence-corrected chi connectivity index (χ3v) is 3.93. The quantitative estimate of drug-likeness (QED) is 0.634. The van der Waals surface area contributed by atoms with Gasteiger partial charge >= 0.3 is 0 Å². The summed E-state index contributed by atoms with van der Waals surface area (Å²) in [5.41, 5.74) is 8.67. The van der Waals surface area contributed by atoms with E-state index in [1.54, 1.807) is 0 Å². The number of hydrogen-bond donors (Lipinski definition) is 0. The van der Waals surface area contributed by atoms with Gasteiger partial charge in [-0.2, -0.15) is 0 Å². The van der Waals surface area contributed by atoms with Crippen LogP contribution in [0.3, 0.4) is 0 Å². The number of hydrogen-bond acceptors (Lipinski definition) is 0. The molecule has 0 aromatic heterocycles. The zero-order valence-electron chi connectivity index (χ0n) is 13.3. The van der Waals surface area contributed by atoms with Gasteiger partial charge in [-0.1, -0.05) is 68.7 Å². The topological polar surface area (TPSA) is 0 Å². The number of rotatable bonds is 5. The van der Waals surface area contributed by atoms with Gasteiger partial charge < -0.3 is 0 Å². The molecule has 0 heterocycles. The van der Waals surface area contributed by atoms with Crippen LogP contribution in [-0.2, 0) is 12.8 Å². The molecule has 0 nitrogen and oxygen atoms in total. The van der Waals surface area contributed by atoms with Crippen molar-refractivity contribution in [3.8, 4) is 11.1 Å². The maximum absolute atomic E-state index is 2.36. The summed E-state index contributed by atoms with van der Waals surface area (Å²) in [5.74, 6) is 0. The van der Waals surface area contributed by atoms with Crippen LogP contribution in [0.25, 0.3) is 11.1 Å². The molecular formula is C20H26. The van der Waals surface area contributed by atoms with Gasteiger partial charge in [0.05, 0.1) is 0 Å². The Morgan fingerprint density at radius 2 is 1.50 bits per heavy atom. The molecule has 0 unspecified atom stereocenters. The lowest BCUT2D eigenvalue weighted by atomic mass is 9.88. The van der Waals surface area contributed by atoms with Crippen molar-refractivity contribution >= 4 is 0 Å². The Kier molecular flexibility index (Phi) is 5.00. The van der Waals surface area contributed by atoms with E-state index in [1.165, 1.54) is 46.2 Å². The molecule has 0 atom stereocenters. The van der Waals surface area contributed by atoms with Crippen molar-refractivity contribution in [1.29, 1.82) is 0 Å². The number of aryl methyl sites for hydroxylation is 4. The van der Waals surface area contributed by atoms with Gasteiger partial charge in [-0.3, -0.25) is 0 Å². The summed E-state index contributed by atoms with van der Waals surface area (Å²) in [6.45, 7) is 8.95. The summed E-state index contributed by atoms with van der Waals surface area (Å²) >= 11 is 0. The Morgan fingerprint density at radius 3 is 2.20 bits per heavy atom. The molecule has 0 heteroatoms. The Hall–Kier alpha value is -1.56. The molecule has 0 saturated carbocycles. The van der Waals surface area contributed by atoms with E-state index in [1.807, 2.05) is 0 Å². The molecule has 0 fully saturated rings. The summed E-state index contributed by atoms with van der Waals surface area (Å²) in [6.07, 6.45) is 4.73. The predicted octanol–water partition coefficient (Wildman–Crippen LogP) is 5.88. The van der Waals surface area contributed by atoms with Gasteiger partial charge in [0.1, 0.15) is 0 Å². The maximum atomic E-state index is 2.36. The first kappa shape index (κ1) is 14.8. The van der Waals surface area contributed by atoms with E-state index >= 15 is 0 Å². The SMILES string of the molecule is CCCc1cc(C)ccc1-c1c(C)cccc1CCC. The van der Waals surface area contributed by atoms with Crippen LogP contribution in [0.2, 0.25) is 0 Å². The van der Waals surface area contributed by atoms with Gasteiger partial charge in [-0.25, -0.2) is 0 Å². The van der Waals surface area contributed by atoms with E-state index < -0.39 is 0 Å². The predicted molar refractivity (Wildman–Crippen MR) is 89.3 cm³/mol. The molecule has 0 aliphatic heterocycles. The summed E-state index contributed by atoms with van der Waals surface area (Å²) in [6, 6.07) is 13.7. The van der Waals surface area contributed by atoms with Gasteiger partial charge in [-0.15, -0.1) is 0 Å². The van der Waals surface area contributed by atoms with Crippen LogP contribution in [0.15, 0.2) is 36.4 Å². The standard InChI is InChI=1S/C20H26/c1-5-8-17-11-7-10-16(4)20(17)19-13-12-15(3)14-18(19)9-6-2/h7,10-14H,5-6,8-9H2,1-4H3. The third-order valence-electron chi connectivity index (χ3n) is 3.93. The molecule has 0 radical (unpaired) electrons. The van der Waals surface area contributed by atoms with E-state index in [9.17, 15) is 0 Å². The van der Waals surface area contributed by atoms with E-state index in [4.69, 9.17) is 0 Å². The molecule has 2 aromatic carbocycles. The average Bonchev–Trinajstić information content (AvgIpc) is 2.41.